The van der Waals surface area contributed by atoms with E-state index in [0.29, 0.717) is 19.6 Å². The van der Waals surface area contributed by atoms with Gasteiger partial charge in [-0.2, -0.15) is 5.10 Å². The van der Waals surface area contributed by atoms with Gasteiger partial charge in [-0.3, -0.25) is 4.68 Å². The van der Waals surface area contributed by atoms with Crippen molar-refractivity contribution >= 4 is 5.69 Å². The highest BCUT2D eigenvalue weighted by Crippen LogP contribution is 2.17. The van der Waals surface area contributed by atoms with Crippen molar-refractivity contribution in [1.29, 1.82) is 0 Å². The van der Waals surface area contributed by atoms with Gasteiger partial charge in [-0.1, -0.05) is 18.2 Å². The number of nitrogens with zero attached hydrogens (tertiary/aromatic N) is 3. The van der Waals surface area contributed by atoms with Crippen LogP contribution in [-0.4, -0.2) is 39.8 Å². The number of para-hydroxylation sites is 1. The average molecular weight is 275 g/mol. The zero-order chi connectivity index (χ0) is 14.4. The van der Waals surface area contributed by atoms with Crippen molar-refractivity contribution in [3.05, 3.63) is 47.8 Å². The number of benzene rings is 1. The third-order valence-corrected chi connectivity index (χ3v) is 3.23. The maximum absolute atomic E-state index is 9.24. The lowest BCUT2D eigenvalue weighted by Crippen LogP contribution is -2.26. The number of hydrogen-bond donors (Lipinski definition) is 2. The summed E-state index contributed by atoms with van der Waals surface area (Å²) in [7, 11) is 0. The van der Waals surface area contributed by atoms with E-state index in [1.807, 2.05) is 43.5 Å². The number of aliphatic hydroxyl groups excluding tert-OH is 2. The molecule has 0 amide bonds. The van der Waals surface area contributed by atoms with Crippen LogP contribution in [0, 0.1) is 6.92 Å². The molecule has 0 atom stereocenters. The molecule has 0 radical (unpaired) electrons. The Bertz CT molecular complexity index is 525. The summed E-state index contributed by atoms with van der Waals surface area (Å²) in [4.78, 5) is 2.12. The summed E-state index contributed by atoms with van der Waals surface area (Å²) in [6.45, 7) is 3.94. The van der Waals surface area contributed by atoms with E-state index in [0.717, 1.165) is 16.9 Å². The SMILES string of the molecule is Cc1nn(CCO)cc1CN(CCO)c1ccccc1. The first-order valence-corrected chi connectivity index (χ1v) is 6.79. The Kier molecular flexibility index (Phi) is 5.15. The molecular formula is C15H21N3O2. The molecule has 1 aromatic heterocycles. The Hall–Kier alpha value is -1.85. The van der Waals surface area contributed by atoms with Crippen LogP contribution >= 0.6 is 0 Å². The summed E-state index contributed by atoms with van der Waals surface area (Å²) in [6, 6.07) is 10.0. The fourth-order valence-corrected chi connectivity index (χ4v) is 2.20. The lowest BCUT2D eigenvalue weighted by Gasteiger charge is -2.23. The Balaban J connectivity index is 2.16. The zero-order valence-corrected chi connectivity index (χ0v) is 11.7. The van der Waals surface area contributed by atoms with Gasteiger partial charge in [-0.05, 0) is 19.1 Å². The first-order chi connectivity index (χ1) is 9.74. The second-order valence-corrected chi connectivity index (χ2v) is 4.71. The summed E-state index contributed by atoms with van der Waals surface area (Å²) < 4.78 is 1.76. The third-order valence-electron chi connectivity index (χ3n) is 3.23. The molecule has 0 saturated carbocycles. The first-order valence-electron chi connectivity index (χ1n) is 6.79. The van der Waals surface area contributed by atoms with Crippen molar-refractivity contribution in [3.63, 3.8) is 0 Å². The van der Waals surface area contributed by atoms with Crippen LogP contribution in [0.15, 0.2) is 36.5 Å². The average Bonchev–Trinajstić information content (AvgIpc) is 2.80. The highest BCUT2D eigenvalue weighted by atomic mass is 16.3. The summed E-state index contributed by atoms with van der Waals surface area (Å²) in [5, 5.41) is 22.6. The highest BCUT2D eigenvalue weighted by molar-refractivity contribution is 5.46. The van der Waals surface area contributed by atoms with Gasteiger partial charge in [0.1, 0.15) is 0 Å². The van der Waals surface area contributed by atoms with E-state index in [-0.39, 0.29) is 13.2 Å². The molecular weight excluding hydrogens is 254 g/mol. The second kappa shape index (κ2) is 7.07. The number of hydrogen-bond acceptors (Lipinski definition) is 4. The minimum Gasteiger partial charge on any atom is -0.395 e. The van der Waals surface area contributed by atoms with Gasteiger partial charge in [0, 0.05) is 30.5 Å². The number of aliphatic hydroxyl groups is 2. The van der Waals surface area contributed by atoms with Crippen LogP contribution in [0.25, 0.3) is 0 Å². The van der Waals surface area contributed by atoms with E-state index < -0.39 is 0 Å². The van der Waals surface area contributed by atoms with Crippen molar-refractivity contribution in [3.8, 4) is 0 Å². The van der Waals surface area contributed by atoms with Crippen LogP contribution in [0.3, 0.4) is 0 Å². The standard InChI is InChI=1S/C15H21N3O2/c1-13-14(12-18(16-13)8-10-20)11-17(7-9-19)15-5-3-2-4-6-15/h2-6,12,19-20H,7-11H2,1H3. The summed E-state index contributed by atoms with van der Waals surface area (Å²) >= 11 is 0. The highest BCUT2D eigenvalue weighted by Gasteiger charge is 2.11. The number of anilines is 1. The van der Waals surface area contributed by atoms with Crippen molar-refractivity contribution in [2.75, 3.05) is 24.7 Å². The largest absolute Gasteiger partial charge is 0.395 e. The predicted molar refractivity (Wildman–Crippen MR) is 78.6 cm³/mol. The molecule has 0 aliphatic heterocycles. The predicted octanol–water partition coefficient (Wildman–Crippen LogP) is 1.18. The molecule has 0 bridgehead atoms. The number of aryl methyl sites for hydroxylation is 1. The van der Waals surface area contributed by atoms with Gasteiger partial charge in [-0.25, -0.2) is 0 Å². The molecule has 5 nitrogen and oxygen atoms in total. The van der Waals surface area contributed by atoms with Crippen molar-refractivity contribution in [2.45, 2.75) is 20.0 Å². The fraction of sp³-hybridized carbons (Fsp3) is 0.400. The van der Waals surface area contributed by atoms with Crippen LogP contribution in [0.4, 0.5) is 5.69 Å². The first kappa shape index (κ1) is 14.6. The van der Waals surface area contributed by atoms with E-state index in [1.54, 1.807) is 4.68 Å². The molecule has 0 aliphatic carbocycles. The van der Waals surface area contributed by atoms with Crippen LogP contribution < -0.4 is 4.90 Å². The molecule has 0 aliphatic rings. The Morgan fingerprint density at radius 1 is 1.15 bits per heavy atom. The van der Waals surface area contributed by atoms with Crippen LogP contribution in [0.2, 0.25) is 0 Å². The molecule has 0 fully saturated rings. The van der Waals surface area contributed by atoms with Crippen LogP contribution in [-0.2, 0) is 13.1 Å². The van der Waals surface area contributed by atoms with Gasteiger partial charge in [0.25, 0.3) is 0 Å². The molecule has 2 aromatic rings. The molecule has 0 unspecified atom stereocenters. The molecule has 20 heavy (non-hydrogen) atoms. The van der Waals surface area contributed by atoms with Gasteiger partial charge in [-0.15, -0.1) is 0 Å². The minimum atomic E-state index is 0.0829. The summed E-state index contributed by atoms with van der Waals surface area (Å²) in [6.07, 6.45) is 1.96. The van der Waals surface area contributed by atoms with E-state index in [4.69, 9.17) is 5.11 Å². The lowest BCUT2D eigenvalue weighted by molar-refractivity contribution is 0.269. The maximum atomic E-state index is 9.24. The van der Waals surface area contributed by atoms with Crippen molar-refractivity contribution in [2.24, 2.45) is 0 Å². The zero-order valence-electron chi connectivity index (χ0n) is 11.7. The van der Waals surface area contributed by atoms with Gasteiger partial charge in [0.2, 0.25) is 0 Å². The van der Waals surface area contributed by atoms with Gasteiger partial charge in [0.15, 0.2) is 0 Å². The smallest absolute Gasteiger partial charge is 0.0643 e. The summed E-state index contributed by atoms with van der Waals surface area (Å²) in [5.74, 6) is 0. The molecule has 5 heteroatoms. The summed E-state index contributed by atoms with van der Waals surface area (Å²) in [5.41, 5.74) is 3.14. The third kappa shape index (κ3) is 3.59. The quantitative estimate of drug-likeness (QED) is 0.796. The van der Waals surface area contributed by atoms with E-state index in [1.165, 1.54) is 0 Å². The number of aromatic nitrogens is 2. The monoisotopic (exact) mass is 275 g/mol. The topological polar surface area (TPSA) is 61.5 Å². The van der Waals surface area contributed by atoms with Crippen molar-refractivity contribution in [1.82, 2.24) is 9.78 Å². The van der Waals surface area contributed by atoms with Crippen molar-refractivity contribution < 1.29 is 10.2 Å². The van der Waals surface area contributed by atoms with E-state index >= 15 is 0 Å². The second-order valence-electron chi connectivity index (χ2n) is 4.71. The van der Waals surface area contributed by atoms with E-state index in [2.05, 4.69) is 10.00 Å². The van der Waals surface area contributed by atoms with Crippen LogP contribution in [0.1, 0.15) is 11.3 Å². The Labute approximate surface area is 119 Å². The number of rotatable bonds is 7. The maximum Gasteiger partial charge on any atom is 0.0643 e. The molecule has 1 aromatic carbocycles. The normalized spacial score (nSPS) is 10.8. The minimum absolute atomic E-state index is 0.0829. The molecule has 0 spiro atoms. The van der Waals surface area contributed by atoms with Gasteiger partial charge < -0.3 is 15.1 Å². The molecule has 0 saturated heterocycles. The lowest BCUT2D eigenvalue weighted by atomic mass is 10.2. The van der Waals surface area contributed by atoms with E-state index in [9.17, 15) is 5.11 Å². The molecule has 2 rings (SSSR count). The van der Waals surface area contributed by atoms with Gasteiger partial charge in [0.05, 0.1) is 25.5 Å². The molecule has 108 valence electrons. The fourth-order valence-electron chi connectivity index (χ4n) is 2.20. The Morgan fingerprint density at radius 3 is 2.55 bits per heavy atom. The molecule has 2 N–H and O–H groups in total. The van der Waals surface area contributed by atoms with Crippen LogP contribution in [0.5, 0.6) is 0 Å². The molecule has 1 heterocycles. The van der Waals surface area contributed by atoms with Gasteiger partial charge >= 0.3 is 0 Å². The Morgan fingerprint density at radius 2 is 1.90 bits per heavy atom.